The second kappa shape index (κ2) is 15.9. The Balaban J connectivity index is 1.31. The first-order chi connectivity index (χ1) is 22.8. The van der Waals surface area contributed by atoms with Gasteiger partial charge in [-0.3, -0.25) is 0 Å². The lowest BCUT2D eigenvalue weighted by Crippen LogP contribution is -2.66. The van der Waals surface area contributed by atoms with Crippen molar-refractivity contribution in [2.45, 2.75) is 51.5 Å². The Bertz CT molecular complexity index is 1550. The van der Waals surface area contributed by atoms with Crippen LogP contribution in [0.5, 0.6) is 0 Å². The molecule has 0 aromatic heterocycles. The quantitative estimate of drug-likeness (QED) is 0.0654. The van der Waals surface area contributed by atoms with Crippen molar-refractivity contribution < 1.29 is 13.2 Å². The molecule has 0 unspecified atom stereocenters. The zero-order chi connectivity index (χ0) is 33.2. The summed E-state index contributed by atoms with van der Waals surface area (Å²) in [6.45, 7) is 7.24. The van der Waals surface area contributed by atoms with Gasteiger partial charge in [0.05, 0.1) is 6.16 Å². The number of unbranched alkanes of at least 4 members (excludes halogenated alkanes) is 1. The van der Waals surface area contributed by atoms with E-state index in [2.05, 4.69) is 106 Å². The van der Waals surface area contributed by atoms with E-state index in [1.165, 1.54) is 26.3 Å². The average Bonchev–Trinajstić information content (AvgIpc) is 3.11. The third kappa shape index (κ3) is 7.73. The molecule has 5 aromatic carbocycles. The lowest BCUT2D eigenvalue weighted by atomic mass is 10.2. The number of hydrogen-bond donors (Lipinski definition) is 0. The summed E-state index contributed by atoms with van der Waals surface area (Å²) in [4.78, 5) is 0. The number of rotatable bonds is 14. The van der Waals surface area contributed by atoms with Gasteiger partial charge in [0.25, 0.3) is 8.32 Å². The molecule has 0 N–H and O–H groups in total. The van der Waals surface area contributed by atoms with Gasteiger partial charge in [0.2, 0.25) is 0 Å². The summed E-state index contributed by atoms with van der Waals surface area (Å²) < 4.78 is 38.1. The molecule has 0 saturated heterocycles. The molecule has 0 aliphatic heterocycles. The van der Waals surface area contributed by atoms with Gasteiger partial charge in [-0.15, -0.1) is 0 Å². The molecule has 5 aromatic rings. The zero-order valence-electron chi connectivity index (χ0n) is 27.8. The highest BCUT2D eigenvalue weighted by Gasteiger charge is 2.50. The molecular formula is C42H46F2OPSi+. The van der Waals surface area contributed by atoms with Crippen molar-refractivity contribution in [1.29, 1.82) is 0 Å². The van der Waals surface area contributed by atoms with Crippen LogP contribution in [0.25, 0.3) is 0 Å². The standard InChI is InChI=1S/C42H46F2OPSi/c1-42(2,3)47(38-27-15-7-16-28-38,39-29-17-8-18-30-39)45-33-20-19-31-40(43)41(44)32-34-46(35-21-9-4-10-22-35,36-23-11-5-12-24-36)37-25-13-6-14-26-37/h4-18,21-30H,19-20,31-34H2,1-3H3/q+1/b41-40-. The maximum absolute atomic E-state index is 15.7. The molecule has 5 rings (SSSR count). The predicted octanol–water partition coefficient (Wildman–Crippen LogP) is 9.27. The Hall–Kier alpha value is -3.69. The van der Waals surface area contributed by atoms with Gasteiger partial charge in [-0.1, -0.05) is 136 Å². The van der Waals surface area contributed by atoms with Crippen molar-refractivity contribution in [1.82, 2.24) is 0 Å². The summed E-state index contributed by atoms with van der Waals surface area (Å²) in [7, 11) is -4.89. The van der Waals surface area contributed by atoms with E-state index in [0.29, 0.717) is 25.6 Å². The zero-order valence-corrected chi connectivity index (χ0v) is 29.7. The second-order valence-corrected chi connectivity index (χ2v) is 21.0. The molecule has 0 spiro atoms. The van der Waals surface area contributed by atoms with E-state index in [-0.39, 0.29) is 17.9 Å². The van der Waals surface area contributed by atoms with Gasteiger partial charge in [-0.2, -0.15) is 0 Å². The minimum atomic E-state index is -2.65. The maximum Gasteiger partial charge on any atom is 0.261 e. The van der Waals surface area contributed by atoms with Gasteiger partial charge in [0.15, 0.2) is 0 Å². The summed E-state index contributed by atoms with van der Waals surface area (Å²) in [5.74, 6) is -1.27. The lowest BCUT2D eigenvalue weighted by molar-refractivity contribution is 0.286. The van der Waals surface area contributed by atoms with E-state index in [1.807, 2.05) is 66.7 Å². The molecule has 0 aliphatic rings. The SMILES string of the molecule is CC(C)(C)[Si](OCCCC/C(F)=C(/F)CC[P+](c1ccccc1)(c1ccccc1)c1ccccc1)(c1ccccc1)c1ccccc1. The van der Waals surface area contributed by atoms with Gasteiger partial charge in [0, 0.05) is 19.4 Å². The highest BCUT2D eigenvalue weighted by Crippen LogP contribution is 2.56. The predicted molar refractivity (Wildman–Crippen MR) is 201 cm³/mol. The molecule has 0 radical (unpaired) electrons. The monoisotopic (exact) mass is 663 g/mol. The smallest absolute Gasteiger partial charge is 0.261 e. The first-order valence-electron chi connectivity index (χ1n) is 16.6. The Morgan fingerprint density at radius 3 is 1.28 bits per heavy atom. The van der Waals surface area contributed by atoms with Crippen LogP contribution in [0.4, 0.5) is 8.78 Å². The van der Waals surface area contributed by atoms with E-state index in [0.717, 1.165) is 0 Å². The minimum Gasteiger partial charge on any atom is -0.407 e. The van der Waals surface area contributed by atoms with Crippen LogP contribution in [0.15, 0.2) is 163 Å². The number of halogens is 2. The Morgan fingerprint density at radius 2 is 0.894 bits per heavy atom. The van der Waals surface area contributed by atoms with Crippen molar-refractivity contribution in [3.8, 4) is 0 Å². The van der Waals surface area contributed by atoms with Crippen molar-refractivity contribution in [3.05, 3.63) is 163 Å². The molecule has 0 heterocycles. The molecule has 0 bridgehead atoms. The van der Waals surface area contributed by atoms with Crippen molar-refractivity contribution >= 4 is 41.9 Å². The minimum absolute atomic E-state index is 0.0524. The van der Waals surface area contributed by atoms with Crippen LogP contribution in [0, 0.1) is 0 Å². The van der Waals surface area contributed by atoms with E-state index in [9.17, 15) is 0 Å². The third-order valence-electron chi connectivity index (χ3n) is 9.08. The van der Waals surface area contributed by atoms with Crippen LogP contribution < -0.4 is 26.3 Å². The summed E-state index contributed by atoms with van der Waals surface area (Å²) in [6.07, 6.45) is 1.81. The normalized spacial score (nSPS) is 12.9. The molecule has 5 heteroatoms. The molecule has 0 aliphatic carbocycles. The number of allylic oxidation sites excluding steroid dienone is 2. The first kappa shape index (κ1) is 34.6. The topological polar surface area (TPSA) is 9.23 Å². The summed E-state index contributed by atoms with van der Waals surface area (Å²) in [5, 5.41) is 5.83. The Morgan fingerprint density at radius 1 is 0.532 bits per heavy atom. The van der Waals surface area contributed by atoms with Gasteiger partial charge >= 0.3 is 0 Å². The van der Waals surface area contributed by atoms with Crippen LogP contribution in [0.1, 0.15) is 46.5 Å². The second-order valence-electron chi connectivity index (χ2n) is 13.1. The largest absolute Gasteiger partial charge is 0.407 e. The summed E-state index contributed by atoms with van der Waals surface area (Å²) in [6, 6.07) is 52.1. The van der Waals surface area contributed by atoms with Crippen molar-refractivity contribution in [2.24, 2.45) is 0 Å². The van der Waals surface area contributed by atoms with Crippen LogP contribution in [-0.4, -0.2) is 21.1 Å². The van der Waals surface area contributed by atoms with E-state index in [4.69, 9.17) is 4.43 Å². The molecule has 242 valence electrons. The van der Waals surface area contributed by atoms with Crippen LogP contribution >= 0.6 is 7.26 Å². The molecule has 0 saturated carbocycles. The van der Waals surface area contributed by atoms with Gasteiger partial charge in [-0.25, -0.2) is 8.78 Å². The third-order valence-corrected chi connectivity index (χ3v) is 18.6. The molecule has 0 atom stereocenters. The molecule has 47 heavy (non-hydrogen) atoms. The fourth-order valence-electron chi connectivity index (χ4n) is 6.79. The van der Waals surface area contributed by atoms with E-state index < -0.39 is 27.2 Å². The van der Waals surface area contributed by atoms with Crippen LogP contribution in [0.2, 0.25) is 5.04 Å². The van der Waals surface area contributed by atoms with Gasteiger partial charge < -0.3 is 4.43 Å². The number of benzene rings is 5. The fraction of sp³-hybridized carbons (Fsp3) is 0.238. The highest BCUT2D eigenvalue weighted by molar-refractivity contribution is 7.95. The molecule has 1 nitrogen and oxygen atoms in total. The molecule has 0 amide bonds. The Labute approximate surface area is 281 Å². The van der Waals surface area contributed by atoms with Crippen molar-refractivity contribution in [3.63, 3.8) is 0 Å². The van der Waals surface area contributed by atoms with Crippen LogP contribution in [0.3, 0.4) is 0 Å². The fourth-order valence-corrected chi connectivity index (χ4v) is 15.6. The summed E-state index contributed by atoms with van der Waals surface area (Å²) >= 11 is 0. The molecular weight excluding hydrogens is 618 g/mol. The molecule has 0 fully saturated rings. The number of hydrogen-bond acceptors (Lipinski definition) is 1. The summed E-state index contributed by atoms with van der Waals surface area (Å²) in [5.41, 5.74) is 0. The van der Waals surface area contributed by atoms with Crippen molar-refractivity contribution in [2.75, 3.05) is 12.8 Å². The van der Waals surface area contributed by atoms with E-state index >= 15 is 8.78 Å². The highest BCUT2D eigenvalue weighted by atomic mass is 31.2. The van der Waals surface area contributed by atoms with Crippen LogP contribution in [-0.2, 0) is 4.43 Å². The van der Waals surface area contributed by atoms with E-state index in [1.54, 1.807) is 0 Å². The van der Waals surface area contributed by atoms with Gasteiger partial charge in [0.1, 0.15) is 34.8 Å². The lowest BCUT2D eigenvalue weighted by Gasteiger charge is -2.43. The Kier molecular flexibility index (Phi) is 11.7. The maximum atomic E-state index is 15.7. The van der Waals surface area contributed by atoms with Gasteiger partial charge in [-0.05, 0) is 64.7 Å². The average molecular weight is 664 g/mol. The first-order valence-corrected chi connectivity index (χ1v) is 20.5.